The van der Waals surface area contributed by atoms with Crippen molar-refractivity contribution < 1.29 is 14.3 Å². The van der Waals surface area contributed by atoms with Gasteiger partial charge >= 0.3 is 0 Å². The van der Waals surface area contributed by atoms with Gasteiger partial charge in [-0.15, -0.1) is 0 Å². The van der Waals surface area contributed by atoms with E-state index in [1.54, 1.807) is 30.2 Å². The molecule has 33 heavy (non-hydrogen) atoms. The molecule has 1 heterocycles. The maximum absolute atomic E-state index is 13.5. The van der Waals surface area contributed by atoms with E-state index < -0.39 is 6.10 Å². The maximum atomic E-state index is 13.5. The third kappa shape index (κ3) is 4.89. The highest BCUT2D eigenvalue weighted by Crippen LogP contribution is 2.34. The van der Waals surface area contributed by atoms with Crippen LogP contribution in [0.1, 0.15) is 23.7 Å². The van der Waals surface area contributed by atoms with Gasteiger partial charge in [-0.3, -0.25) is 4.79 Å². The Morgan fingerprint density at radius 1 is 1.03 bits per heavy atom. The summed E-state index contributed by atoms with van der Waals surface area (Å²) < 4.78 is 15.6. The highest BCUT2D eigenvalue weighted by molar-refractivity contribution is 6.01. The lowest BCUT2D eigenvalue weighted by molar-refractivity contribution is -0.125. The number of carbonyl (C=O) groups excluding carboxylic acids is 1. The number of aliphatic hydroxyl groups is 1. The molecule has 168 valence electrons. The van der Waals surface area contributed by atoms with E-state index >= 15 is 0 Å². The number of halogens is 1. The van der Waals surface area contributed by atoms with Crippen LogP contribution in [0.3, 0.4) is 0 Å². The van der Waals surface area contributed by atoms with Crippen molar-refractivity contribution in [3.63, 3.8) is 0 Å². The second kappa shape index (κ2) is 9.84. The Morgan fingerprint density at radius 3 is 2.42 bits per heavy atom. The molecular formula is C28H27FN2O2. The minimum atomic E-state index is -0.617. The second-order valence-corrected chi connectivity index (χ2v) is 8.15. The number of aryl methyl sites for hydroxylation is 1. The van der Waals surface area contributed by atoms with Crippen molar-refractivity contribution in [2.24, 2.45) is 7.05 Å². The first-order valence-electron chi connectivity index (χ1n) is 10.9. The van der Waals surface area contributed by atoms with Gasteiger partial charge in [0.15, 0.2) is 0 Å². The van der Waals surface area contributed by atoms with Gasteiger partial charge in [0.2, 0.25) is 5.91 Å². The fourth-order valence-corrected chi connectivity index (χ4v) is 4.10. The Balaban J connectivity index is 1.56. The average molecular weight is 443 g/mol. The Kier molecular flexibility index (Phi) is 6.71. The van der Waals surface area contributed by atoms with Crippen LogP contribution >= 0.6 is 0 Å². The van der Waals surface area contributed by atoms with Crippen LogP contribution in [0.5, 0.6) is 0 Å². The smallest absolute Gasteiger partial charge is 0.246 e. The number of hydrogen-bond acceptors (Lipinski definition) is 2. The lowest BCUT2D eigenvalue weighted by Crippen LogP contribution is -2.27. The Morgan fingerprint density at radius 2 is 1.70 bits per heavy atom. The fourth-order valence-electron chi connectivity index (χ4n) is 4.10. The van der Waals surface area contributed by atoms with Crippen molar-refractivity contribution in [2.45, 2.75) is 12.5 Å². The summed E-state index contributed by atoms with van der Waals surface area (Å²) in [6.07, 6.45) is 3.22. The number of benzene rings is 3. The Hall–Kier alpha value is -3.70. The maximum Gasteiger partial charge on any atom is 0.246 e. The van der Waals surface area contributed by atoms with Gasteiger partial charge in [-0.1, -0.05) is 48.5 Å². The molecule has 4 rings (SSSR count). The normalized spacial score (nSPS) is 12.4. The van der Waals surface area contributed by atoms with Crippen LogP contribution in [0.25, 0.3) is 28.2 Å². The number of rotatable bonds is 7. The summed E-state index contributed by atoms with van der Waals surface area (Å²) in [4.78, 5) is 14.4. The molecule has 0 radical (unpaired) electrons. The molecule has 0 bridgehead atoms. The Bertz CT molecular complexity index is 1280. The molecule has 0 saturated carbocycles. The molecule has 4 aromatic rings. The largest absolute Gasteiger partial charge is 0.388 e. The Labute approximate surface area is 193 Å². The molecule has 0 aliphatic heterocycles. The first-order chi connectivity index (χ1) is 16.0. The summed E-state index contributed by atoms with van der Waals surface area (Å²) in [6, 6.07) is 23.8. The lowest BCUT2D eigenvalue weighted by atomic mass is 10.0. The molecule has 1 unspecified atom stereocenters. The molecule has 1 aromatic heterocycles. The van der Waals surface area contributed by atoms with Crippen molar-refractivity contribution in [1.29, 1.82) is 0 Å². The van der Waals surface area contributed by atoms with Crippen LogP contribution in [0, 0.1) is 5.82 Å². The first-order valence-corrected chi connectivity index (χ1v) is 10.9. The predicted octanol–water partition coefficient (Wildman–Crippen LogP) is 5.58. The molecule has 0 aliphatic carbocycles. The topological polar surface area (TPSA) is 45.5 Å². The van der Waals surface area contributed by atoms with E-state index in [1.165, 1.54) is 12.1 Å². The second-order valence-electron chi connectivity index (χ2n) is 8.15. The molecule has 0 aliphatic rings. The predicted molar refractivity (Wildman–Crippen MR) is 131 cm³/mol. The van der Waals surface area contributed by atoms with E-state index in [-0.39, 0.29) is 11.7 Å². The molecule has 0 saturated heterocycles. The number of nitrogens with zero attached hydrogens (tertiary/aromatic N) is 2. The fraction of sp³-hybridized carbons (Fsp3) is 0.179. The molecule has 1 atom stereocenters. The summed E-state index contributed by atoms with van der Waals surface area (Å²) in [5.74, 6) is -0.433. The zero-order valence-corrected chi connectivity index (χ0v) is 18.8. The number of hydrogen-bond donors (Lipinski definition) is 1. The zero-order chi connectivity index (χ0) is 23.4. The minimum Gasteiger partial charge on any atom is -0.388 e. The highest BCUT2D eigenvalue weighted by atomic mass is 19.1. The van der Waals surface area contributed by atoms with Crippen molar-refractivity contribution in [1.82, 2.24) is 9.47 Å². The molecule has 1 N–H and O–H groups in total. The number of aromatic nitrogens is 1. The van der Waals surface area contributed by atoms with Gasteiger partial charge in [-0.25, -0.2) is 4.39 Å². The summed E-state index contributed by atoms with van der Waals surface area (Å²) in [5, 5.41) is 11.4. The van der Waals surface area contributed by atoms with Gasteiger partial charge in [0.1, 0.15) is 5.82 Å². The van der Waals surface area contributed by atoms with E-state index in [9.17, 15) is 14.3 Å². The van der Waals surface area contributed by atoms with Crippen LogP contribution in [0.2, 0.25) is 0 Å². The number of fused-ring (bicyclic) bond motifs is 1. The van der Waals surface area contributed by atoms with Gasteiger partial charge in [0.05, 0.1) is 11.8 Å². The van der Waals surface area contributed by atoms with E-state index in [0.29, 0.717) is 13.0 Å². The van der Waals surface area contributed by atoms with Crippen molar-refractivity contribution >= 4 is 22.9 Å². The number of aliphatic hydroxyl groups excluding tert-OH is 1. The van der Waals surface area contributed by atoms with Crippen LogP contribution in [-0.4, -0.2) is 34.1 Å². The van der Waals surface area contributed by atoms with Crippen LogP contribution in [0.15, 0.2) is 84.9 Å². The van der Waals surface area contributed by atoms with Gasteiger partial charge in [-0.05, 0) is 54.0 Å². The van der Waals surface area contributed by atoms with Gasteiger partial charge in [-0.2, -0.15) is 0 Å². The summed E-state index contributed by atoms with van der Waals surface area (Å²) >= 11 is 0. The van der Waals surface area contributed by atoms with Crippen LogP contribution < -0.4 is 0 Å². The van der Waals surface area contributed by atoms with Gasteiger partial charge < -0.3 is 14.6 Å². The third-order valence-corrected chi connectivity index (χ3v) is 5.95. The minimum absolute atomic E-state index is 0.145. The third-order valence-electron chi connectivity index (χ3n) is 5.95. The molecule has 1 amide bonds. The molecule has 0 spiro atoms. The number of amides is 1. The number of para-hydroxylation sites is 1. The van der Waals surface area contributed by atoms with E-state index in [4.69, 9.17) is 0 Å². The molecule has 3 aromatic carbocycles. The van der Waals surface area contributed by atoms with E-state index in [1.807, 2.05) is 67.7 Å². The monoisotopic (exact) mass is 442 g/mol. The first kappa shape index (κ1) is 22.5. The van der Waals surface area contributed by atoms with Crippen LogP contribution in [0.4, 0.5) is 4.39 Å². The van der Waals surface area contributed by atoms with Crippen molar-refractivity contribution in [2.75, 3.05) is 13.6 Å². The average Bonchev–Trinajstić information content (AvgIpc) is 3.13. The van der Waals surface area contributed by atoms with Crippen molar-refractivity contribution in [3.8, 4) is 11.3 Å². The lowest BCUT2D eigenvalue weighted by Gasteiger charge is -2.18. The number of likely N-dealkylation sites (N-methyl/N-ethyl adjacent to an activating group) is 1. The molecule has 4 nitrogen and oxygen atoms in total. The standard InChI is InChI=1S/C28H27FN2O2/c1-30(19-18-26(32)20-8-4-3-5-9-20)27(33)17-16-24-23-10-6-7-11-25(23)31(2)28(24)21-12-14-22(29)15-13-21/h3-17,26,32H,18-19H2,1-2H3. The number of carbonyl (C=O) groups is 1. The van der Waals surface area contributed by atoms with Gasteiger partial charge in [0, 0.05) is 43.2 Å². The van der Waals surface area contributed by atoms with Crippen molar-refractivity contribution in [3.05, 3.63) is 102 Å². The van der Waals surface area contributed by atoms with E-state index in [0.717, 1.165) is 33.3 Å². The van der Waals surface area contributed by atoms with E-state index in [2.05, 4.69) is 4.57 Å². The van der Waals surface area contributed by atoms with Crippen LogP contribution in [-0.2, 0) is 11.8 Å². The highest BCUT2D eigenvalue weighted by Gasteiger charge is 2.16. The zero-order valence-electron chi connectivity index (χ0n) is 18.8. The molecule has 0 fully saturated rings. The van der Waals surface area contributed by atoms with Gasteiger partial charge in [0.25, 0.3) is 0 Å². The summed E-state index contributed by atoms with van der Waals surface area (Å²) in [6.45, 7) is 0.430. The molecule has 5 heteroatoms. The summed E-state index contributed by atoms with van der Waals surface area (Å²) in [7, 11) is 3.70. The quantitative estimate of drug-likeness (QED) is 0.380. The SMILES string of the molecule is CN(CCC(O)c1ccccc1)C(=O)C=Cc1c(-c2ccc(F)cc2)n(C)c2ccccc12. The summed E-state index contributed by atoms with van der Waals surface area (Å²) in [5.41, 5.74) is 4.58. The molecular weight excluding hydrogens is 415 g/mol.